The zero-order valence-electron chi connectivity index (χ0n) is 10.9. The van der Waals surface area contributed by atoms with Gasteiger partial charge < -0.3 is 5.11 Å². The van der Waals surface area contributed by atoms with Gasteiger partial charge in [0.2, 0.25) is 0 Å². The topological polar surface area (TPSA) is 74.7 Å². The van der Waals surface area contributed by atoms with Crippen molar-refractivity contribution in [2.45, 2.75) is 20.8 Å². The Hall–Kier alpha value is -2.43. The zero-order chi connectivity index (χ0) is 14.3. The van der Waals surface area contributed by atoms with Crippen LogP contribution in [0.2, 0.25) is 0 Å². The van der Waals surface area contributed by atoms with Crippen molar-refractivity contribution in [3.8, 4) is 0 Å². The molecule has 2 amide bonds. The summed E-state index contributed by atoms with van der Waals surface area (Å²) in [4.78, 5) is 36.0. The minimum absolute atomic E-state index is 0.127. The van der Waals surface area contributed by atoms with Crippen LogP contribution in [0.25, 0.3) is 0 Å². The SMILES string of the molecule is CC1=C(C)C(=O)N(c2ccc(C(=O)O)cc2C)C1=O. The van der Waals surface area contributed by atoms with Crippen LogP contribution in [-0.4, -0.2) is 22.9 Å². The number of aryl methyl sites for hydroxylation is 1. The van der Waals surface area contributed by atoms with Gasteiger partial charge in [0.05, 0.1) is 11.3 Å². The van der Waals surface area contributed by atoms with E-state index in [-0.39, 0.29) is 17.4 Å². The average molecular weight is 259 g/mol. The number of carboxylic acid groups (broad SMARTS) is 1. The number of hydrogen-bond donors (Lipinski definition) is 1. The van der Waals surface area contributed by atoms with Gasteiger partial charge >= 0.3 is 5.97 Å². The smallest absolute Gasteiger partial charge is 0.335 e. The van der Waals surface area contributed by atoms with Crippen molar-refractivity contribution < 1.29 is 19.5 Å². The summed E-state index contributed by atoms with van der Waals surface area (Å²) < 4.78 is 0. The van der Waals surface area contributed by atoms with Gasteiger partial charge in [0, 0.05) is 11.1 Å². The molecule has 1 aliphatic rings. The fourth-order valence-corrected chi connectivity index (χ4v) is 2.01. The maximum absolute atomic E-state index is 12.0. The second-order valence-electron chi connectivity index (χ2n) is 4.50. The number of imide groups is 1. The van der Waals surface area contributed by atoms with Gasteiger partial charge in [-0.2, -0.15) is 0 Å². The highest BCUT2D eigenvalue weighted by molar-refractivity contribution is 6.32. The minimum atomic E-state index is -1.04. The van der Waals surface area contributed by atoms with E-state index in [0.717, 1.165) is 4.90 Å². The van der Waals surface area contributed by atoms with E-state index < -0.39 is 5.97 Å². The summed E-state index contributed by atoms with van der Waals surface area (Å²) >= 11 is 0. The molecule has 5 nitrogen and oxygen atoms in total. The lowest BCUT2D eigenvalue weighted by Gasteiger charge is -2.17. The molecule has 0 atom stereocenters. The molecule has 19 heavy (non-hydrogen) atoms. The summed E-state index contributed by atoms with van der Waals surface area (Å²) in [5, 5.41) is 8.90. The Kier molecular flexibility index (Phi) is 2.98. The van der Waals surface area contributed by atoms with E-state index in [9.17, 15) is 14.4 Å². The molecule has 0 aromatic heterocycles. The molecule has 1 aromatic carbocycles. The van der Waals surface area contributed by atoms with E-state index in [4.69, 9.17) is 5.11 Å². The highest BCUT2D eigenvalue weighted by atomic mass is 16.4. The van der Waals surface area contributed by atoms with Crippen molar-refractivity contribution >= 4 is 23.5 Å². The Morgan fingerprint density at radius 2 is 1.58 bits per heavy atom. The van der Waals surface area contributed by atoms with Gasteiger partial charge in [-0.25, -0.2) is 9.69 Å². The number of benzene rings is 1. The Bertz CT molecular complexity index is 619. The number of hydrogen-bond acceptors (Lipinski definition) is 3. The number of aromatic carboxylic acids is 1. The fourth-order valence-electron chi connectivity index (χ4n) is 2.01. The maximum Gasteiger partial charge on any atom is 0.335 e. The summed E-state index contributed by atoms with van der Waals surface area (Å²) in [6, 6.07) is 4.32. The van der Waals surface area contributed by atoms with Crippen LogP contribution >= 0.6 is 0 Å². The van der Waals surface area contributed by atoms with Crippen LogP contribution < -0.4 is 4.90 Å². The molecule has 0 unspecified atom stereocenters. The van der Waals surface area contributed by atoms with Crippen molar-refractivity contribution in [2.75, 3.05) is 4.90 Å². The molecular weight excluding hydrogens is 246 g/mol. The predicted octanol–water partition coefficient (Wildman–Crippen LogP) is 1.90. The van der Waals surface area contributed by atoms with Crippen molar-refractivity contribution in [1.29, 1.82) is 0 Å². The first-order valence-electron chi connectivity index (χ1n) is 5.74. The number of carbonyl (C=O) groups excluding carboxylic acids is 2. The quantitative estimate of drug-likeness (QED) is 0.823. The average Bonchev–Trinajstić information content (AvgIpc) is 2.55. The molecule has 98 valence electrons. The van der Waals surface area contributed by atoms with Gasteiger partial charge in [-0.3, -0.25) is 9.59 Å². The lowest BCUT2D eigenvalue weighted by Crippen LogP contribution is -2.31. The molecule has 0 aliphatic carbocycles. The molecule has 2 rings (SSSR count). The van der Waals surface area contributed by atoms with Gasteiger partial charge in [0.15, 0.2) is 0 Å². The van der Waals surface area contributed by atoms with Crippen molar-refractivity contribution in [2.24, 2.45) is 0 Å². The number of amides is 2. The summed E-state index contributed by atoms with van der Waals surface area (Å²) in [6.07, 6.45) is 0. The number of carboxylic acids is 1. The zero-order valence-corrected chi connectivity index (χ0v) is 10.9. The third-order valence-electron chi connectivity index (χ3n) is 3.29. The Balaban J connectivity index is 2.48. The van der Waals surface area contributed by atoms with E-state index in [1.807, 2.05) is 0 Å². The Morgan fingerprint density at radius 1 is 1.05 bits per heavy atom. The van der Waals surface area contributed by atoms with E-state index in [2.05, 4.69) is 0 Å². The number of nitrogens with zero attached hydrogens (tertiary/aromatic N) is 1. The Labute approximate surface area is 110 Å². The van der Waals surface area contributed by atoms with E-state index >= 15 is 0 Å². The van der Waals surface area contributed by atoms with E-state index in [0.29, 0.717) is 22.4 Å². The number of anilines is 1. The fraction of sp³-hybridized carbons (Fsp3) is 0.214. The minimum Gasteiger partial charge on any atom is -0.478 e. The van der Waals surface area contributed by atoms with Crippen LogP contribution in [-0.2, 0) is 9.59 Å². The van der Waals surface area contributed by atoms with Crippen molar-refractivity contribution in [1.82, 2.24) is 0 Å². The van der Waals surface area contributed by atoms with Crippen LogP contribution in [0, 0.1) is 6.92 Å². The number of carbonyl (C=O) groups is 3. The van der Waals surface area contributed by atoms with E-state index in [1.54, 1.807) is 20.8 Å². The molecule has 0 spiro atoms. The number of rotatable bonds is 2. The third-order valence-corrected chi connectivity index (χ3v) is 3.29. The molecule has 0 saturated heterocycles. The maximum atomic E-state index is 12.0. The highest BCUT2D eigenvalue weighted by Gasteiger charge is 2.35. The molecule has 1 aliphatic heterocycles. The van der Waals surface area contributed by atoms with Gasteiger partial charge in [0.1, 0.15) is 0 Å². The monoisotopic (exact) mass is 259 g/mol. The molecule has 0 saturated carbocycles. The van der Waals surface area contributed by atoms with E-state index in [1.165, 1.54) is 18.2 Å². The predicted molar refractivity (Wildman–Crippen MR) is 69.0 cm³/mol. The second kappa shape index (κ2) is 4.35. The third kappa shape index (κ3) is 1.93. The summed E-state index contributed by atoms with van der Waals surface area (Å²) in [6.45, 7) is 4.89. The molecule has 1 N–H and O–H groups in total. The first-order valence-corrected chi connectivity index (χ1v) is 5.74. The van der Waals surface area contributed by atoms with Crippen LogP contribution in [0.4, 0.5) is 5.69 Å². The van der Waals surface area contributed by atoms with Gasteiger partial charge in [-0.15, -0.1) is 0 Å². The lowest BCUT2D eigenvalue weighted by molar-refractivity contribution is -0.120. The van der Waals surface area contributed by atoms with Gasteiger partial charge in [-0.1, -0.05) is 0 Å². The van der Waals surface area contributed by atoms with Crippen molar-refractivity contribution in [3.63, 3.8) is 0 Å². The Morgan fingerprint density at radius 3 is 2.00 bits per heavy atom. The standard InChI is InChI=1S/C14H13NO4/c1-7-6-10(14(18)19)4-5-11(7)15-12(16)8(2)9(3)13(15)17/h4-6H,1-3H3,(H,18,19). The summed E-state index contributed by atoms with van der Waals surface area (Å²) in [5.41, 5.74) is 1.97. The molecule has 1 heterocycles. The van der Waals surface area contributed by atoms with Gasteiger partial charge in [-0.05, 0) is 44.5 Å². The van der Waals surface area contributed by atoms with Crippen LogP contribution in [0.5, 0.6) is 0 Å². The van der Waals surface area contributed by atoms with Crippen LogP contribution in [0.15, 0.2) is 29.3 Å². The molecule has 5 heteroatoms. The molecule has 0 fully saturated rings. The molecule has 0 radical (unpaired) electrons. The second-order valence-corrected chi connectivity index (χ2v) is 4.50. The molecule has 1 aromatic rings. The summed E-state index contributed by atoms with van der Waals surface area (Å²) in [5.74, 6) is -1.75. The van der Waals surface area contributed by atoms with Crippen molar-refractivity contribution in [3.05, 3.63) is 40.5 Å². The first kappa shape index (κ1) is 13.0. The highest BCUT2D eigenvalue weighted by Crippen LogP contribution is 2.29. The molecule has 0 bridgehead atoms. The largest absolute Gasteiger partial charge is 0.478 e. The first-order chi connectivity index (χ1) is 8.84. The van der Waals surface area contributed by atoms with Crippen LogP contribution in [0.1, 0.15) is 29.8 Å². The normalized spacial score (nSPS) is 15.4. The van der Waals surface area contributed by atoms with Crippen LogP contribution in [0.3, 0.4) is 0 Å². The lowest BCUT2D eigenvalue weighted by atomic mass is 10.1. The van der Waals surface area contributed by atoms with Gasteiger partial charge in [0.25, 0.3) is 11.8 Å². The molecular formula is C14H13NO4. The summed E-state index contributed by atoms with van der Waals surface area (Å²) in [7, 11) is 0.